The first-order valence-corrected chi connectivity index (χ1v) is 12.1. The number of fused-ring (bicyclic) bond motifs is 1. The highest BCUT2D eigenvalue weighted by molar-refractivity contribution is 5.79. The van der Waals surface area contributed by atoms with Gasteiger partial charge in [-0.1, -0.05) is 12.1 Å². The van der Waals surface area contributed by atoms with Gasteiger partial charge in [0.2, 0.25) is 5.88 Å². The third kappa shape index (κ3) is 5.05. The lowest BCUT2D eigenvalue weighted by Gasteiger charge is -2.40. The Hall–Kier alpha value is -3.71. The summed E-state index contributed by atoms with van der Waals surface area (Å²) in [7, 11) is 3.64. The predicted molar refractivity (Wildman–Crippen MR) is 139 cm³/mol. The zero-order valence-electron chi connectivity index (χ0n) is 20.3. The van der Waals surface area contributed by atoms with E-state index in [1.54, 1.807) is 13.3 Å². The molecule has 1 fully saturated rings. The maximum Gasteiger partial charge on any atom is 0.213 e. The smallest absolute Gasteiger partial charge is 0.213 e. The largest absolute Gasteiger partial charge is 0.481 e. The van der Waals surface area contributed by atoms with Crippen molar-refractivity contribution < 1.29 is 4.74 Å². The number of benzene rings is 1. The standard InChI is InChI=1S/C28H31N5O2/c1-31-18-22(28(34)25-9-3-4-10-26(25)31)19-33(17-21-11-13-30-27(15-21)35-2)24-8-6-14-32(20-24)23-7-5-12-29-16-23/h3-5,7,9-13,15-16,18,24H,6,8,14,17,19-20H2,1-2H3/t24-/m0/s1. The monoisotopic (exact) mass is 469 g/mol. The molecule has 7 nitrogen and oxygen atoms in total. The van der Waals surface area contributed by atoms with Crippen LogP contribution in [-0.2, 0) is 20.1 Å². The number of anilines is 1. The number of methoxy groups -OCH3 is 1. The van der Waals surface area contributed by atoms with Crippen LogP contribution in [-0.4, -0.2) is 45.7 Å². The van der Waals surface area contributed by atoms with Gasteiger partial charge in [0.1, 0.15) is 0 Å². The van der Waals surface area contributed by atoms with E-state index in [0.717, 1.165) is 53.6 Å². The van der Waals surface area contributed by atoms with Crippen LogP contribution in [0.3, 0.4) is 0 Å². The van der Waals surface area contributed by atoms with Crippen LogP contribution in [0.25, 0.3) is 10.9 Å². The van der Waals surface area contributed by atoms with E-state index in [1.165, 1.54) is 0 Å². The van der Waals surface area contributed by atoms with E-state index in [1.807, 2.05) is 68.1 Å². The molecule has 0 unspecified atom stereocenters. The van der Waals surface area contributed by atoms with E-state index in [-0.39, 0.29) is 5.43 Å². The molecule has 0 amide bonds. The summed E-state index contributed by atoms with van der Waals surface area (Å²) in [5, 5.41) is 0.763. The average Bonchev–Trinajstić information content (AvgIpc) is 2.92. The lowest BCUT2D eigenvalue weighted by Crippen LogP contribution is -2.48. The number of ether oxygens (including phenoxy) is 1. The third-order valence-electron chi connectivity index (χ3n) is 6.86. The van der Waals surface area contributed by atoms with Crippen molar-refractivity contribution >= 4 is 16.6 Å². The molecule has 180 valence electrons. The molecule has 7 heteroatoms. The molecule has 0 aliphatic carbocycles. The minimum atomic E-state index is 0.107. The molecule has 5 rings (SSSR count). The van der Waals surface area contributed by atoms with Crippen molar-refractivity contribution in [3.05, 3.63) is 94.7 Å². The number of rotatable bonds is 7. The van der Waals surface area contributed by atoms with Crippen LogP contribution < -0.4 is 15.1 Å². The highest BCUT2D eigenvalue weighted by atomic mass is 16.5. The van der Waals surface area contributed by atoms with Crippen molar-refractivity contribution in [3.63, 3.8) is 0 Å². The number of nitrogens with zero attached hydrogens (tertiary/aromatic N) is 5. The summed E-state index contributed by atoms with van der Waals surface area (Å²) in [6.07, 6.45) is 9.68. The highest BCUT2D eigenvalue weighted by Gasteiger charge is 2.27. The van der Waals surface area contributed by atoms with Crippen LogP contribution in [0.5, 0.6) is 5.88 Å². The van der Waals surface area contributed by atoms with Crippen LogP contribution in [0.4, 0.5) is 5.69 Å². The lowest BCUT2D eigenvalue weighted by atomic mass is 10.0. The topological polar surface area (TPSA) is 63.5 Å². The highest BCUT2D eigenvalue weighted by Crippen LogP contribution is 2.25. The third-order valence-corrected chi connectivity index (χ3v) is 6.86. The van der Waals surface area contributed by atoms with E-state index in [4.69, 9.17) is 4.74 Å². The van der Waals surface area contributed by atoms with Crippen LogP contribution in [0.15, 0.2) is 78.1 Å². The number of para-hydroxylation sites is 1. The second kappa shape index (κ2) is 10.3. The summed E-state index contributed by atoms with van der Waals surface area (Å²) in [5.41, 5.74) is 4.13. The van der Waals surface area contributed by atoms with Gasteiger partial charge in [-0.2, -0.15) is 0 Å². The molecule has 1 aromatic carbocycles. The van der Waals surface area contributed by atoms with E-state index >= 15 is 0 Å². The molecule has 1 saturated heterocycles. The molecule has 1 aliphatic heterocycles. The van der Waals surface area contributed by atoms with Crippen LogP contribution in [0, 0.1) is 0 Å². The number of hydrogen-bond donors (Lipinski definition) is 0. The summed E-state index contributed by atoms with van der Waals surface area (Å²) >= 11 is 0. The Morgan fingerprint density at radius 3 is 2.83 bits per heavy atom. The Labute approximate surface area is 205 Å². The number of aryl methyl sites for hydroxylation is 1. The first kappa shape index (κ1) is 23.1. The van der Waals surface area contributed by atoms with Gasteiger partial charge in [0.25, 0.3) is 0 Å². The van der Waals surface area contributed by atoms with Gasteiger partial charge in [-0.05, 0) is 48.7 Å². The van der Waals surface area contributed by atoms with Crippen molar-refractivity contribution in [2.45, 2.75) is 32.0 Å². The molecular formula is C28H31N5O2. The van der Waals surface area contributed by atoms with Crippen molar-refractivity contribution in [2.75, 3.05) is 25.1 Å². The molecule has 1 aliphatic rings. The zero-order chi connectivity index (χ0) is 24.2. The fourth-order valence-corrected chi connectivity index (χ4v) is 5.08. The fourth-order valence-electron chi connectivity index (χ4n) is 5.08. The maximum absolute atomic E-state index is 13.4. The molecule has 4 aromatic rings. The zero-order valence-corrected chi connectivity index (χ0v) is 20.3. The minimum absolute atomic E-state index is 0.107. The Balaban J connectivity index is 1.48. The summed E-state index contributed by atoms with van der Waals surface area (Å²) in [4.78, 5) is 26.9. The second-order valence-electron chi connectivity index (χ2n) is 9.18. The summed E-state index contributed by atoms with van der Waals surface area (Å²) in [6.45, 7) is 3.19. The molecule has 1 atom stereocenters. The van der Waals surface area contributed by atoms with Crippen molar-refractivity contribution in [2.24, 2.45) is 7.05 Å². The number of pyridine rings is 3. The van der Waals surface area contributed by atoms with Crippen LogP contribution in [0.1, 0.15) is 24.0 Å². The van der Waals surface area contributed by atoms with Gasteiger partial charge in [-0.25, -0.2) is 4.98 Å². The fraction of sp³-hybridized carbons (Fsp3) is 0.321. The number of hydrogen-bond acceptors (Lipinski definition) is 6. The Bertz CT molecular complexity index is 1350. The van der Waals surface area contributed by atoms with Gasteiger partial charge in [0.05, 0.1) is 24.5 Å². The van der Waals surface area contributed by atoms with Crippen LogP contribution in [0.2, 0.25) is 0 Å². The van der Waals surface area contributed by atoms with Gasteiger partial charge in [0.15, 0.2) is 5.43 Å². The average molecular weight is 470 g/mol. The Kier molecular flexibility index (Phi) is 6.77. The van der Waals surface area contributed by atoms with E-state index in [2.05, 4.69) is 30.4 Å². The molecule has 0 radical (unpaired) electrons. The molecule has 3 aromatic heterocycles. The minimum Gasteiger partial charge on any atom is -0.481 e. The van der Waals surface area contributed by atoms with E-state index < -0.39 is 0 Å². The first-order chi connectivity index (χ1) is 17.1. The predicted octanol–water partition coefficient (Wildman–Crippen LogP) is 4.01. The van der Waals surface area contributed by atoms with Crippen LogP contribution >= 0.6 is 0 Å². The van der Waals surface area contributed by atoms with Crippen molar-refractivity contribution in [3.8, 4) is 5.88 Å². The summed E-state index contributed by atoms with van der Waals surface area (Å²) in [5.74, 6) is 0.602. The Morgan fingerprint density at radius 2 is 2.00 bits per heavy atom. The Morgan fingerprint density at radius 1 is 1.11 bits per heavy atom. The molecular weight excluding hydrogens is 438 g/mol. The first-order valence-electron chi connectivity index (χ1n) is 12.1. The van der Waals surface area contributed by atoms with Gasteiger partial charge in [-0.15, -0.1) is 0 Å². The molecule has 0 bridgehead atoms. The quantitative estimate of drug-likeness (QED) is 0.408. The van der Waals surface area contributed by atoms with Gasteiger partial charge < -0.3 is 14.2 Å². The lowest BCUT2D eigenvalue weighted by molar-refractivity contribution is 0.158. The summed E-state index contributed by atoms with van der Waals surface area (Å²) in [6, 6.07) is 16.2. The summed E-state index contributed by atoms with van der Waals surface area (Å²) < 4.78 is 7.42. The molecule has 0 saturated carbocycles. The molecule has 0 N–H and O–H groups in total. The van der Waals surface area contributed by atoms with Crippen molar-refractivity contribution in [1.29, 1.82) is 0 Å². The van der Waals surface area contributed by atoms with Crippen molar-refractivity contribution in [1.82, 2.24) is 19.4 Å². The van der Waals surface area contributed by atoms with Gasteiger partial charge in [-0.3, -0.25) is 14.7 Å². The molecule has 35 heavy (non-hydrogen) atoms. The van der Waals surface area contributed by atoms with Gasteiger partial charge >= 0.3 is 0 Å². The normalized spacial score (nSPS) is 16.1. The maximum atomic E-state index is 13.4. The number of piperidine rings is 1. The van der Waals surface area contributed by atoms with E-state index in [0.29, 0.717) is 25.0 Å². The molecule has 0 spiro atoms. The number of aromatic nitrogens is 3. The van der Waals surface area contributed by atoms with Gasteiger partial charge in [0, 0.05) is 74.9 Å². The second-order valence-corrected chi connectivity index (χ2v) is 9.18. The van der Waals surface area contributed by atoms with E-state index in [9.17, 15) is 4.79 Å². The SMILES string of the molecule is COc1cc(CN(Cc2cn(C)c3ccccc3c2=O)[C@H]2CCCN(c3cccnc3)C2)ccn1. The molecule has 4 heterocycles.